The number of carbonyl (C=O) groups excluding carboxylic acids is 8. The summed E-state index contributed by atoms with van der Waals surface area (Å²) in [6.07, 6.45) is 1.81. The Hall–Kier alpha value is 0.180. The topological polar surface area (TPSA) is 183 Å². The molecular weight excluding hydrogens is 1360 g/mol. The van der Waals surface area contributed by atoms with Gasteiger partial charge < -0.3 is 0 Å². The summed E-state index contributed by atoms with van der Waals surface area (Å²) < 4.78 is 19.7. The molecule has 242 valence electrons. The molecule has 0 radical (unpaired) electrons. The van der Waals surface area contributed by atoms with Crippen LogP contribution < -0.4 is 0 Å². The molecule has 0 atom stereocenters. The van der Waals surface area contributed by atoms with Gasteiger partial charge in [-0.25, -0.2) is 0 Å². The van der Waals surface area contributed by atoms with Gasteiger partial charge in [0.25, 0.3) is 0 Å². The number of ether oxygens (including phenoxy) is 4. The molecule has 0 N–H and O–H groups in total. The van der Waals surface area contributed by atoms with Crippen LogP contribution in [0, 0.1) is 0 Å². The fourth-order valence-corrected chi connectivity index (χ4v) is 5.43. The van der Waals surface area contributed by atoms with Crippen molar-refractivity contribution < 1.29 is 162 Å². The van der Waals surface area contributed by atoms with Crippen LogP contribution in [0.5, 0.6) is 0 Å². The second-order valence-electron chi connectivity index (χ2n) is 10.5. The summed E-state index contributed by atoms with van der Waals surface area (Å²) in [7, 11) is 1.97. The predicted molar refractivity (Wildman–Crippen MR) is 142 cm³/mol. The standard InChI is InChI=1S/C27H39N3O12.4Hg/c1-28(8-2-10-29(12-4-24(35)39-20-16-31)13-5-25(36)40-21-17-32)9-3-11-30(14-6-26(37)41-22-18-33)15-7-27(38)42-23-19-34;;;;/h2-15,20-23H2,1H3;;;;. The van der Waals surface area contributed by atoms with E-state index in [9.17, 15) is 38.4 Å². The van der Waals surface area contributed by atoms with Crippen molar-refractivity contribution in [3.05, 3.63) is 0 Å². The van der Waals surface area contributed by atoms with E-state index < -0.39 is 23.9 Å². The minimum absolute atomic E-state index is 0.0586. The first-order chi connectivity index (χ1) is 21.7. The van der Waals surface area contributed by atoms with Gasteiger partial charge in [-0.05, 0) is 0 Å². The van der Waals surface area contributed by atoms with E-state index in [2.05, 4.69) is 4.90 Å². The maximum absolute atomic E-state index is 12.0. The van der Waals surface area contributed by atoms with E-state index in [0.29, 0.717) is 39.3 Å². The first kappa shape index (κ1) is 46.2. The molecule has 0 amide bonds. The molecule has 19 heteroatoms. The molecule has 0 saturated heterocycles. The van der Waals surface area contributed by atoms with Crippen LogP contribution >= 0.6 is 0 Å². The van der Waals surface area contributed by atoms with Gasteiger partial charge in [0, 0.05) is 0 Å². The Bertz CT molecular complexity index is 888. The van der Waals surface area contributed by atoms with Crippen molar-refractivity contribution in [1.82, 2.24) is 14.7 Å². The summed E-state index contributed by atoms with van der Waals surface area (Å²) in [5, 5.41) is 0. The van der Waals surface area contributed by atoms with Crippen LogP contribution in [0.4, 0.5) is 0 Å². The third-order valence-electron chi connectivity index (χ3n) is 6.13. The van der Waals surface area contributed by atoms with Gasteiger partial charge in [0.05, 0.1) is 0 Å². The summed E-state index contributed by atoms with van der Waals surface area (Å²) in [4.78, 5) is 98.8. The van der Waals surface area contributed by atoms with E-state index in [4.69, 9.17) is 18.9 Å². The van der Waals surface area contributed by atoms with Crippen molar-refractivity contribution in [3.8, 4) is 0 Å². The number of hydrogen-bond acceptors (Lipinski definition) is 15. The molecule has 15 nitrogen and oxygen atoms in total. The fraction of sp³-hybridized carbons (Fsp3) is 0.704. The van der Waals surface area contributed by atoms with Gasteiger partial charge in [-0.2, -0.15) is 0 Å². The SMILES string of the molecule is CN(CCCN(CCC(=O)OC[C](=O)[Hg])CCC(=O)OC[C](=O)[Hg])CCCN(CCC(=O)OC[C](=O)[Hg])CCC(=O)OC[C](=O)[Hg]. The number of carbonyl (C=O) groups is 8. The normalized spacial score (nSPS) is 11.0. The quantitative estimate of drug-likeness (QED) is 0.0493. The van der Waals surface area contributed by atoms with Crippen LogP contribution in [0.1, 0.15) is 38.5 Å². The van der Waals surface area contributed by atoms with Crippen molar-refractivity contribution in [2.24, 2.45) is 0 Å². The first-order valence-corrected chi connectivity index (χ1v) is 25.8. The summed E-state index contributed by atoms with van der Waals surface area (Å²) in [6.45, 7) is 3.28. The molecule has 0 aliphatic carbocycles. The van der Waals surface area contributed by atoms with E-state index >= 15 is 0 Å². The summed E-state index contributed by atoms with van der Waals surface area (Å²) >= 11 is -0.402. The Kier molecular flexibility index (Phi) is 29.1. The zero-order valence-electron chi connectivity index (χ0n) is 26.8. The van der Waals surface area contributed by atoms with Crippen molar-refractivity contribution in [3.63, 3.8) is 0 Å². The van der Waals surface area contributed by atoms with Crippen LogP contribution in [0.2, 0.25) is 0 Å². The number of hydrogen-bond donors (Lipinski definition) is 0. The second kappa shape index (κ2) is 29.0. The van der Waals surface area contributed by atoms with E-state index in [1.54, 1.807) is 0 Å². The monoisotopic (exact) mass is 1410 g/mol. The van der Waals surface area contributed by atoms with Gasteiger partial charge in [-0.1, -0.05) is 0 Å². The molecule has 0 aliphatic heterocycles. The molecule has 0 aromatic carbocycles. The first-order valence-electron chi connectivity index (χ1n) is 14.8. The zero-order chi connectivity index (χ0) is 34.9. The summed E-state index contributed by atoms with van der Waals surface area (Å²) in [5.41, 5.74) is 0. The van der Waals surface area contributed by atoms with E-state index in [-0.39, 0.29) is 170 Å². The fourth-order valence-electron chi connectivity index (χ4n) is 3.84. The van der Waals surface area contributed by atoms with E-state index in [0.717, 1.165) is 25.9 Å². The molecule has 0 saturated carbocycles. The Balaban J connectivity index is 4.85. The Morgan fingerprint density at radius 3 is 0.870 bits per heavy atom. The molecule has 0 aliphatic rings. The molecule has 0 aromatic rings. The Morgan fingerprint density at radius 2 is 0.652 bits per heavy atom. The molecule has 0 aromatic heterocycles. The van der Waals surface area contributed by atoms with E-state index in [1.807, 2.05) is 16.8 Å². The average Bonchev–Trinajstić information content (AvgIpc) is 2.98. The number of nitrogens with zero attached hydrogens (tertiary/aromatic N) is 3. The summed E-state index contributed by atoms with van der Waals surface area (Å²) in [6, 6.07) is 0. The van der Waals surface area contributed by atoms with Crippen LogP contribution in [0.25, 0.3) is 0 Å². The summed E-state index contributed by atoms with van der Waals surface area (Å²) in [5.74, 6) is -1.89. The zero-order valence-corrected chi connectivity index (χ0v) is 48.8. The van der Waals surface area contributed by atoms with Crippen LogP contribution in [-0.4, -0.2) is 138 Å². The van der Waals surface area contributed by atoms with Gasteiger partial charge in [-0.3, -0.25) is 0 Å². The Labute approximate surface area is 334 Å². The number of rotatable bonds is 28. The van der Waals surface area contributed by atoms with Crippen molar-refractivity contribution in [2.75, 3.05) is 85.8 Å². The Morgan fingerprint density at radius 1 is 0.413 bits per heavy atom. The van der Waals surface area contributed by atoms with Crippen LogP contribution in [0.3, 0.4) is 0 Å². The molecule has 0 spiro atoms. The van der Waals surface area contributed by atoms with Gasteiger partial charge in [0.1, 0.15) is 0 Å². The second-order valence-corrected chi connectivity index (χ2v) is 22.8. The third-order valence-corrected chi connectivity index (χ3v) is 9.31. The van der Waals surface area contributed by atoms with Gasteiger partial charge in [0.2, 0.25) is 0 Å². The van der Waals surface area contributed by atoms with Crippen LogP contribution in [0.15, 0.2) is 0 Å². The molecule has 0 fully saturated rings. The maximum atomic E-state index is 12.0. The van der Waals surface area contributed by atoms with Gasteiger partial charge in [-0.15, -0.1) is 0 Å². The molecular formula is C27H39Hg4N3O12. The third kappa shape index (κ3) is 30.3. The number of esters is 4. The van der Waals surface area contributed by atoms with Crippen LogP contribution in [-0.2, 0) is 162 Å². The van der Waals surface area contributed by atoms with Gasteiger partial charge >= 0.3 is 338 Å². The molecule has 46 heavy (non-hydrogen) atoms. The molecule has 0 rings (SSSR count). The average molecular weight is 1400 g/mol. The molecule has 0 unspecified atom stereocenters. The van der Waals surface area contributed by atoms with E-state index in [1.165, 1.54) is 0 Å². The van der Waals surface area contributed by atoms with Crippen molar-refractivity contribution >= 4 is 37.0 Å². The molecule has 0 heterocycles. The van der Waals surface area contributed by atoms with Gasteiger partial charge in [0.15, 0.2) is 0 Å². The molecule has 0 bridgehead atoms. The van der Waals surface area contributed by atoms with Crippen molar-refractivity contribution in [2.45, 2.75) is 38.5 Å². The minimum atomic E-state index is -0.472. The predicted octanol–water partition coefficient (Wildman–Crippen LogP) is -1.67. The van der Waals surface area contributed by atoms with Crippen molar-refractivity contribution in [1.29, 1.82) is 0 Å².